The Kier molecular flexibility index (Phi) is 3.88. The summed E-state index contributed by atoms with van der Waals surface area (Å²) in [6.45, 7) is 1.67. The lowest BCUT2D eigenvalue weighted by molar-refractivity contribution is -0.0135. The van der Waals surface area contributed by atoms with Crippen molar-refractivity contribution < 1.29 is 9.53 Å². The highest BCUT2D eigenvalue weighted by Gasteiger charge is 2.25. The molecule has 0 spiro atoms. The van der Waals surface area contributed by atoms with E-state index < -0.39 is 0 Å². The van der Waals surface area contributed by atoms with Crippen LogP contribution in [-0.2, 0) is 4.74 Å². The molecule has 0 saturated carbocycles. The number of nitrogens with zero attached hydrogens (tertiary/aromatic N) is 2. The molecular formula is C18H18N4O2. The molecule has 6 heteroatoms. The van der Waals surface area contributed by atoms with E-state index in [0.717, 1.165) is 22.2 Å². The van der Waals surface area contributed by atoms with Crippen LogP contribution in [0, 0.1) is 0 Å². The van der Waals surface area contributed by atoms with E-state index in [1.807, 2.05) is 48.5 Å². The van der Waals surface area contributed by atoms with Gasteiger partial charge in [-0.05, 0) is 23.8 Å². The number of hydrogen-bond donors (Lipinski definition) is 2. The molecule has 4 rings (SSSR count). The first-order chi connectivity index (χ1) is 11.8. The zero-order valence-corrected chi connectivity index (χ0v) is 13.1. The van der Waals surface area contributed by atoms with Gasteiger partial charge >= 0.3 is 6.03 Å². The van der Waals surface area contributed by atoms with Crippen molar-refractivity contribution in [3.05, 3.63) is 60.3 Å². The number of carbonyl (C=O) groups is 1. The molecule has 24 heavy (non-hydrogen) atoms. The summed E-state index contributed by atoms with van der Waals surface area (Å²) < 4.78 is 5.81. The second-order valence-electron chi connectivity index (χ2n) is 5.82. The van der Waals surface area contributed by atoms with Crippen molar-refractivity contribution in [2.24, 2.45) is 0 Å². The predicted molar refractivity (Wildman–Crippen MR) is 91.8 cm³/mol. The Morgan fingerprint density at radius 3 is 3.00 bits per heavy atom. The molecule has 1 saturated heterocycles. The van der Waals surface area contributed by atoms with E-state index in [4.69, 9.17) is 4.74 Å². The summed E-state index contributed by atoms with van der Waals surface area (Å²) in [7, 11) is 0. The predicted octanol–water partition coefficient (Wildman–Crippen LogP) is 3.17. The van der Waals surface area contributed by atoms with E-state index in [0.29, 0.717) is 19.7 Å². The van der Waals surface area contributed by atoms with Crippen molar-refractivity contribution in [3.8, 4) is 0 Å². The molecule has 3 aromatic rings. The van der Waals surface area contributed by atoms with Gasteiger partial charge in [0.1, 0.15) is 6.10 Å². The number of aromatic amines is 1. The molecule has 1 atom stereocenters. The van der Waals surface area contributed by atoms with Crippen molar-refractivity contribution in [2.75, 3.05) is 25.0 Å². The molecule has 122 valence electrons. The summed E-state index contributed by atoms with van der Waals surface area (Å²) in [5.41, 5.74) is 2.80. The van der Waals surface area contributed by atoms with Gasteiger partial charge < -0.3 is 15.0 Å². The van der Waals surface area contributed by atoms with Crippen molar-refractivity contribution in [3.63, 3.8) is 0 Å². The maximum absolute atomic E-state index is 12.6. The van der Waals surface area contributed by atoms with E-state index in [-0.39, 0.29) is 12.1 Å². The molecular weight excluding hydrogens is 304 g/mol. The zero-order valence-electron chi connectivity index (χ0n) is 13.1. The molecule has 0 unspecified atom stereocenters. The molecule has 0 bridgehead atoms. The molecule has 2 N–H and O–H groups in total. The van der Waals surface area contributed by atoms with Crippen LogP contribution in [0.3, 0.4) is 0 Å². The van der Waals surface area contributed by atoms with Crippen molar-refractivity contribution in [1.82, 2.24) is 15.1 Å². The van der Waals surface area contributed by atoms with Crippen molar-refractivity contribution >= 4 is 22.6 Å². The molecule has 0 aliphatic carbocycles. The van der Waals surface area contributed by atoms with Gasteiger partial charge in [0, 0.05) is 17.6 Å². The lowest BCUT2D eigenvalue weighted by Crippen LogP contribution is -2.44. The fourth-order valence-electron chi connectivity index (χ4n) is 2.93. The molecule has 1 aromatic heterocycles. The number of H-pyrrole nitrogens is 1. The van der Waals surface area contributed by atoms with Gasteiger partial charge in [0.05, 0.1) is 24.9 Å². The van der Waals surface area contributed by atoms with Gasteiger partial charge in [-0.2, -0.15) is 5.10 Å². The number of hydrogen-bond acceptors (Lipinski definition) is 3. The van der Waals surface area contributed by atoms with Gasteiger partial charge in [-0.3, -0.25) is 5.10 Å². The number of urea groups is 1. The minimum Gasteiger partial charge on any atom is -0.370 e. The number of amides is 2. The highest BCUT2D eigenvalue weighted by Crippen LogP contribution is 2.23. The van der Waals surface area contributed by atoms with E-state index in [1.165, 1.54) is 0 Å². The van der Waals surface area contributed by atoms with Gasteiger partial charge in [0.15, 0.2) is 0 Å². The molecule has 2 heterocycles. The first-order valence-electron chi connectivity index (χ1n) is 7.95. The highest BCUT2D eigenvalue weighted by atomic mass is 16.5. The van der Waals surface area contributed by atoms with E-state index in [1.54, 1.807) is 11.1 Å². The Morgan fingerprint density at radius 1 is 1.25 bits per heavy atom. The van der Waals surface area contributed by atoms with Crippen LogP contribution in [0.5, 0.6) is 0 Å². The second kappa shape index (κ2) is 6.33. The molecule has 2 aromatic carbocycles. The van der Waals surface area contributed by atoms with E-state index in [2.05, 4.69) is 15.5 Å². The van der Waals surface area contributed by atoms with Crippen LogP contribution in [0.2, 0.25) is 0 Å². The third-order valence-electron chi connectivity index (χ3n) is 4.22. The van der Waals surface area contributed by atoms with E-state index >= 15 is 0 Å². The van der Waals surface area contributed by atoms with Gasteiger partial charge in [-0.25, -0.2) is 4.79 Å². The Morgan fingerprint density at radius 2 is 2.12 bits per heavy atom. The first kappa shape index (κ1) is 14.7. The van der Waals surface area contributed by atoms with Crippen LogP contribution in [-0.4, -0.2) is 40.8 Å². The topological polar surface area (TPSA) is 70.2 Å². The average Bonchev–Trinajstić information content (AvgIpc) is 3.10. The fraction of sp³-hybridized carbons (Fsp3) is 0.222. The summed E-state index contributed by atoms with van der Waals surface area (Å²) in [4.78, 5) is 14.3. The Balaban J connectivity index is 1.45. The number of rotatable bonds is 2. The van der Waals surface area contributed by atoms with Crippen LogP contribution in [0.4, 0.5) is 10.5 Å². The number of ether oxygens (including phenoxy) is 1. The maximum Gasteiger partial charge on any atom is 0.322 e. The number of fused-ring (bicyclic) bond motifs is 1. The molecule has 1 aliphatic rings. The van der Waals surface area contributed by atoms with Crippen molar-refractivity contribution in [2.45, 2.75) is 6.10 Å². The third-order valence-corrected chi connectivity index (χ3v) is 4.22. The Bertz CT molecular complexity index is 846. The lowest BCUT2D eigenvalue weighted by Gasteiger charge is -2.33. The summed E-state index contributed by atoms with van der Waals surface area (Å²) in [5.74, 6) is 0. The quantitative estimate of drug-likeness (QED) is 0.761. The normalized spacial score (nSPS) is 17.8. The van der Waals surface area contributed by atoms with Crippen LogP contribution >= 0.6 is 0 Å². The fourth-order valence-corrected chi connectivity index (χ4v) is 2.93. The van der Waals surface area contributed by atoms with Crippen LogP contribution in [0.25, 0.3) is 10.9 Å². The number of aromatic nitrogens is 2. The van der Waals surface area contributed by atoms with E-state index in [9.17, 15) is 4.79 Å². The van der Waals surface area contributed by atoms with Crippen LogP contribution in [0.15, 0.2) is 54.7 Å². The van der Waals surface area contributed by atoms with Crippen LogP contribution < -0.4 is 5.32 Å². The summed E-state index contributed by atoms with van der Waals surface area (Å²) >= 11 is 0. The SMILES string of the molecule is O=C(Nc1ccc2[nH]ncc2c1)N1CCO[C@H](c2ccccc2)C1. The molecule has 1 fully saturated rings. The Labute approximate surface area is 139 Å². The van der Waals surface area contributed by atoms with Gasteiger partial charge in [-0.1, -0.05) is 30.3 Å². The minimum atomic E-state index is -0.109. The monoisotopic (exact) mass is 322 g/mol. The zero-order chi connectivity index (χ0) is 16.4. The second-order valence-corrected chi connectivity index (χ2v) is 5.82. The number of morpholine rings is 1. The highest BCUT2D eigenvalue weighted by molar-refractivity contribution is 5.92. The smallest absolute Gasteiger partial charge is 0.322 e. The van der Waals surface area contributed by atoms with Gasteiger partial charge in [-0.15, -0.1) is 0 Å². The molecule has 2 amide bonds. The maximum atomic E-state index is 12.6. The average molecular weight is 322 g/mol. The number of anilines is 1. The standard InChI is InChI=1S/C18H18N4O2/c23-18(20-15-6-7-16-14(10-15)11-19-21-16)22-8-9-24-17(12-22)13-4-2-1-3-5-13/h1-7,10-11,17H,8-9,12H2,(H,19,21)(H,20,23)/t17-/m0/s1. The largest absolute Gasteiger partial charge is 0.370 e. The van der Waals surface area contributed by atoms with Gasteiger partial charge in [0.25, 0.3) is 0 Å². The number of nitrogens with one attached hydrogen (secondary N) is 2. The molecule has 6 nitrogen and oxygen atoms in total. The third kappa shape index (κ3) is 2.96. The first-order valence-corrected chi connectivity index (χ1v) is 7.95. The summed E-state index contributed by atoms with van der Waals surface area (Å²) in [5, 5.41) is 10.8. The summed E-state index contributed by atoms with van der Waals surface area (Å²) in [6.07, 6.45) is 1.66. The van der Waals surface area contributed by atoms with Crippen LogP contribution in [0.1, 0.15) is 11.7 Å². The van der Waals surface area contributed by atoms with Crippen molar-refractivity contribution in [1.29, 1.82) is 0 Å². The minimum absolute atomic E-state index is 0.0814. The summed E-state index contributed by atoms with van der Waals surface area (Å²) in [6, 6.07) is 15.6. The Hall–Kier alpha value is -2.86. The molecule has 1 aliphatic heterocycles. The van der Waals surface area contributed by atoms with Gasteiger partial charge in [0.2, 0.25) is 0 Å². The molecule has 0 radical (unpaired) electrons. The number of benzene rings is 2. The number of carbonyl (C=O) groups excluding carboxylic acids is 1. The lowest BCUT2D eigenvalue weighted by atomic mass is 10.1.